The van der Waals surface area contributed by atoms with Gasteiger partial charge in [0.05, 0.1) is 5.69 Å². The van der Waals surface area contributed by atoms with Crippen molar-refractivity contribution in [2.24, 2.45) is 0 Å². The number of aromatic nitrogens is 1. The van der Waals surface area contributed by atoms with E-state index in [-0.39, 0.29) is 0 Å². The van der Waals surface area contributed by atoms with Gasteiger partial charge in [0.2, 0.25) is 0 Å². The summed E-state index contributed by atoms with van der Waals surface area (Å²) in [5.74, 6) is 0. The maximum absolute atomic E-state index is 5.99. The highest BCUT2D eigenvalue weighted by atomic mass is 35.5. The molecule has 3 heteroatoms. The Bertz CT molecular complexity index is 530. The van der Waals surface area contributed by atoms with E-state index >= 15 is 0 Å². The van der Waals surface area contributed by atoms with E-state index in [1.54, 1.807) is 0 Å². The van der Waals surface area contributed by atoms with Gasteiger partial charge in [-0.2, -0.15) is 0 Å². The normalized spacial score (nSPS) is 19.1. The number of rotatable bonds is 2. The van der Waals surface area contributed by atoms with Crippen LogP contribution >= 0.6 is 11.6 Å². The molecule has 0 radical (unpaired) electrons. The van der Waals surface area contributed by atoms with Crippen LogP contribution in [-0.4, -0.2) is 11.5 Å². The van der Waals surface area contributed by atoms with Gasteiger partial charge in [-0.3, -0.25) is 4.98 Å². The molecule has 1 aromatic carbocycles. The zero-order chi connectivity index (χ0) is 12.4. The second-order valence-corrected chi connectivity index (χ2v) is 5.07. The molecule has 0 amide bonds. The Hall–Kier alpha value is -1.38. The summed E-state index contributed by atoms with van der Waals surface area (Å²) in [6.45, 7) is 1.11. The van der Waals surface area contributed by atoms with Gasteiger partial charge in [-0.15, -0.1) is 0 Å². The van der Waals surface area contributed by atoms with Crippen molar-refractivity contribution in [2.45, 2.75) is 18.9 Å². The Labute approximate surface area is 112 Å². The van der Waals surface area contributed by atoms with Crippen molar-refractivity contribution in [3.8, 4) is 11.3 Å². The quantitative estimate of drug-likeness (QED) is 0.886. The molecule has 92 valence electrons. The van der Waals surface area contributed by atoms with Crippen molar-refractivity contribution in [2.75, 3.05) is 6.54 Å². The molecule has 1 saturated heterocycles. The molecule has 1 fully saturated rings. The minimum absolute atomic E-state index is 0.478. The van der Waals surface area contributed by atoms with Crippen molar-refractivity contribution in [1.29, 1.82) is 0 Å². The van der Waals surface area contributed by atoms with E-state index < -0.39 is 0 Å². The number of hydrogen-bond donors (Lipinski definition) is 1. The van der Waals surface area contributed by atoms with Crippen LogP contribution in [0.1, 0.15) is 24.4 Å². The fourth-order valence-electron chi connectivity index (χ4n) is 2.40. The molecule has 3 rings (SSSR count). The maximum Gasteiger partial charge on any atom is 0.0702 e. The average Bonchev–Trinajstić information content (AvgIpc) is 2.93. The van der Waals surface area contributed by atoms with E-state index in [9.17, 15) is 0 Å². The van der Waals surface area contributed by atoms with Crippen molar-refractivity contribution in [1.82, 2.24) is 10.3 Å². The first-order valence-corrected chi connectivity index (χ1v) is 6.66. The predicted octanol–water partition coefficient (Wildman–Crippen LogP) is 3.83. The maximum atomic E-state index is 5.99. The van der Waals surface area contributed by atoms with Crippen LogP contribution in [0.4, 0.5) is 0 Å². The van der Waals surface area contributed by atoms with Gasteiger partial charge in [0.15, 0.2) is 0 Å². The minimum atomic E-state index is 0.478. The van der Waals surface area contributed by atoms with E-state index in [0.717, 1.165) is 22.8 Å². The summed E-state index contributed by atoms with van der Waals surface area (Å²) in [7, 11) is 0. The molecular weight excluding hydrogens is 244 g/mol. The molecule has 1 N–H and O–H groups in total. The van der Waals surface area contributed by atoms with Crippen molar-refractivity contribution >= 4 is 11.6 Å². The molecule has 0 spiro atoms. The summed E-state index contributed by atoms with van der Waals surface area (Å²) in [4.78, 5) is 4.54. The molecule has 1 unspecified atom stereocenters. The first-order chi connectivity index (χ1) is 8.83. The molecule has 0 saturated carbocycles. The van der Waals surface area contributed by atoms with E-state index in [4.69, 9.17) is 11.6 Å². The van der Waals surface area contributed by atoms with Crippen LogP contribution < -0.4 is 5.32 Å². The average molecular weight is 259 g/mol. The predicted molar refractivity (Wildman–Crippen MR) is 74.7 cm³/mol. The third kappa shape index (κ3) is 2.40. The fourth-order valence-corrected chi connectivity index (χ4v) is 2.59. The largest absolute Gasteiger partial charge is 0.310 e. The molecule has 2 heterocycles. The van der Waals surface area contributed by atoms with Crippen molar-refractivity contribution < 1.29 is 0 Å². The number of pyridine rings is 1. The first-order valence-electron chi connectivity index (χ1n) is 6.28. The lowest BCUT2D eigenvalue weighted by atomic mass is 10.1. The Kier molecular flexibility index (Phi) is 3.31. The SMILES string of the molecule is Clc1cccc(-c2ccc(C3CCCN3)cn2)c1. The number of halogens is 1. The third-order valence-corrected chi connectivity index (χ3v) is 3.60. The van der Waals surface area contributed by atoms with Gasteiger partial charge in [0.25, 0.3) is 0 Å². The topological polar surface area (TPSA) is 24.9 Å². The Balaban J connectivity index is 1.86. The lowest BCUT2D eigenvalue weighted by Crippen LogP contribution is -2.12. The lowest BCUT2D eigenvalue weighted by Gasteiger charge is -2.10. The zero-order valence-electron chi connectivity index (χ0n) is 10.1. The molecule has 2 aromatic rings. The molecule has 0 aliphatic carbocycles. The van der Waals surface area contributed by atoms with E-state index in [1.807, 2.05) is 30.5 Å². The van der Waals surface area contributed by atoms with Crippen LogP contribution in [0.5, 0.6) is 0 Å². The van der Waals surface area contributed by atoms with Crippen LogP contribution in [0.25, 0.3) is 11.3 Å². The van der Waals surface area contributed by atoms with Gasteiger partial charge in [-0.1, -0.05) is 29.8 Å². The van der Waals surface area contributed by atoms with Crippen molar-refractivity contribution in [3.63, 3.8) is 0 Å². The first kappa shape index (κ1) is 11.7. The van der Waals surface area contributed by atoms with Crippen LogP contribution in [0.3, 0.4) is 0 Å². The van der Waals surface area contributed by atoms with Gasteiger partial charge < -0.3 is 5.32 Å². The van der Waals surface area contributed by atoms with Crippen LogP contribution in [0, 0.1) is 0 Å². The molecule has 1 aromatic heterocycles. The third-order valence-electron chi connectivity index (χ3n) is 3.37. The van der Waals surface area contributed by atoms with Crippen molar-refractivity contribution in [3.05, 3.63) is 53.2 Å². The minimum Gasteiger partial charge on any atom is -0.310 e. The van der Waals surface area contributed by atoms with E-state index in [1.165, 1.54) is 18.4 Å². The monoisotopic (exact) mass is 258 g/mol. The van der Waals surface area contributed by atoms with Crippen LogP contribution in [-0.2, 0) is 0 Å². The zero-order valence-corrected chi connectivity index (χ0v) is 10.8. The number of nitrogens with one attached hydrogen (secondary N) is 1. The second kappa shape index (κ2) is 5.09. The highest BCUT2D eigenvalue weighted by molar-refractivity contribution is 6.30. The van der Waals surface area contributed by atoms with Crippen LogP contribution in [0.2, 0.25) is 5.02 Å². The summed E-state index contributed by atoms with van der Waals surface area (Å²) >= 11 is 5.99. The van der Waals surface area contributed by atoms with Gasteiger partial charge >= 0.3 is 0 Å². The summed E-state index contributed by atoms with van der Waals surface area (Å²) in [6.07, 6.45) is 4.43. The smallest absolute Gasteiger partial charge is 0.0702 e. The number of hydrogen-bond acceptors (Lipinski definition) is 2. The molecule has 18 heavy (non-hydrogen) atoms. The molecule has 1 aliphatic rings. The van der Waals surface area contributed by atoms with E-state index in [2.05, 4.69) is 22.4 Å². The fraction of sp³-hybridized carbons (Fsp3) is 0.267. The standard InChI is InChI=1S/C15H15ClN2/c16-13-4-1-3-11(9-13)15-7-6-12(10-18-15)14-5-2-8-17-14/h1,3-4,6-7,9-10,14,17H,2,5,8H2. The highest BCUT2D eigenvalue weighted by Gasteiger charge is 2.16. The summed E-state index contributed by atoms with van der Waals surface area (Å²) in [5.41, 5.74) is 3.31. The Morgan fingerprint density at radius 3 is 2.83 bits per heavy atom. The Morgan fingerprint density at radius 1 is 1.22 bits per heavy atom. The summed E-state index contributed by atoms with van der Waals surface area (Å²) in [6, 6.07) is 12.5. The lowest BCUT2D eigenvalue weighted by molar-refractivity contribution is 0.645. The summed E-state index contributed by atoms with van der Waals surface area (Å²) < 4.78 is 0. The van der Waals surface area contributed by atoms with Gasteiger partial charge in [0, 0.05) is 22.8 Å². The van der Waals surface area contributed by atoms with Gasteiger partial charge in [0.1, 0.15) is 0 Å². The van der Waals surface area contributed by atoms with Gasteiger partial charge in [-0.25, -0.2) is 0 Å². The summed E-state index contributed by atoms with van der Waals surface area (Å²) in [5, 5.41) is 4.23. The Morgan fingerprint density at radius 2 is 2.17 bits per heavy atom. The van der Waals surface area contributed by atoms with Gasteiger partial charge in [-0.05, 0) is 43.1 Å². The number of nitrogens with zero attached hydrogens (tertiary/aromatic N) is 1. The number of benzene rings is 1. The molecular formula is C15H15ClN2. The van der Waals surface area contributed by atoms with Crippen LogP contribution in [0.15, 0.2) is 42.6 Å². The molecule has 2 nitrogen and oxygen atoms in total. The molecule has 1 atom stereocenters. The molecule has 1 aliphatic heterocycles. The second-order valence-electron chi connectivity index (χ2n) is 4.64. The molecule has 0 bridgehead atoms. The van der Waals surface area contributed by atoms with E-state index in [0.29, 0.717) is 6.04 Å². The highest BCUT2D eigenvalue weighted by Crippen LogP contribution is 2.25.